The molecule has 0 aromatic carbocycles. The van der Waals surface area contributed by atoms with Crippen LogP contribution in [-0.4, -0.2) is 29.6 Å². The first-order valence-corrected chi connectivity index (χ1v) is 6.34. The van der Waals surface area contributed by atoms with Crippen LogP contribution in [0.4, 0.5) is 0 Å². The summed E-state index contributed by atoms with van der Waals surface area (Å²) in [4.78, 5) is 22.0. The van der Waals surface area contributed by atoms with Crippen molar-refractivity contribution in [2.45, 2.75) is 53.0 Å². The molecule has 2 atom stereocenters. The Bertz CT molecular complexity index is 284. The van der Waals surface area contributed by atoms with Crippen LogP contribution in [0.15, 0.2) is 0 Å². The molecule has 18 heavy (non-hydrogen) atoms. The van der Waals surface area contributed by atoms with E-state index in [2.05, 4.69) is 26.1 Å². The Morgan fingerprint density at radius 3 is 2.28 bits per heavy atom. The highest BCUT2D eigenvalue weighted by Gasteiger charge is 2.18. The quantitative estimate of drug-likeness (QED) is 0.643. The number of amides is 1. The lowest BCUT2D eigenvalue weighted by Gasteiger charge is -2.22. The first-order chi connectivity index (χ1) is 8.10. The van der Waals surface area contributed by atoms with Crippen LogP contribution in [0.25, 0.3) is 0 Å². The summed E-state index contributed by atoms with van der Waals surface area (Å²) in [5.41, 5.74) is 6.00. The number of carboxylic acids is 1. The van der Waals surface area contributed by atoms with Crippen molar-refractivity contribution in [3.8, 4) is 0 Å². The van der Waals surface area contributed by atoms with Gasteiger partial charge in [0.25, 0.3) is 0 Å². The molecular formula is C13H26N2O3. The van der Waals surface area contributed by atoms with E-state index in [4.69, 9.17) is 10.8 Å². The van der Waals surface area contributed by atoms with Gasteiger partial charge in [-0.25, -0.2) is 0 Å². The second kappa shape index (κ2) is 7.36. The molecule has 0 heterocycles. The van der Waals surface area contributed by atoms with Gasteiger partial charge in [0, 0.05) is 25.4 Å². The normalized spacial score (nSPS) is 14.9. The van der Waals surface area contributed by atoms with Crippen LogP contribution in [0, 0.1) is 11.3 Å². The largest absolute Gasteiger partial charge is 0.481 e. The monoisotopic (exact) mass is 258 g/mol. The maximum Gasteiger partial charge on any atom is 0.303 e. The highest BCUT2D eigenvalue weighted by atomic mass is 16.4. The van der Waals surface area contributed by atoms with Crippen LogP contribution in [-0.2, 0) is 9.59 Å². The topological polar surface area (TPSA) is 92.4 Å². The van der Waals surface area contributed by atoms with Gasteiger partial charge in [-0.15, -0.1) is 0 Å². The second-order valence-electron chi connectivity index (χ2n) is 6.24. The maximum atomic E-state index is 11.6. The number of carbonyl (C=O) groups is 2. The molecule has 0 radical (unpaired) electrons. The van der Waals surface area contributed by atoms with Crippen molar-refractivity contribution in [3.63, 3.8) is 0 Å². The third kappa shape index (κ3) is 10.1. The molecule has 0 aromatic heterocycles. The van der Waals surface area contributed by atoms with E-state index in [1.165, 1.54) is 0 Å². The fourth-order valence-corrected chi connectivity index (χ4v) is 1.83. The lowest BCUT2D eigenvalue weighted by molar-refractivity contribution is -0.138. The van der Waals surface area contributed by atoms with Crippen molar-refractivity contribution in [1.82, 2.24) is 5.32 Å². The highest BCUT2D eigenvalue weighted by molar-refractivity contribution is 5.76. The van der Waals surface area contributed by atoms with Gasteiger partial charge in [-0.1, -0.05) is 27.7 Å². The molecule has 5 nitrogen and oxygen atoms in total. The van der Waals surface area contributed by atoms with Crippen LogP contribution in [0.5, 0.6) is 0 Å². The lowest BCUT2D eigenvalue weighted by Crippen LogP contribution is -2.36. The third-order valence-corrected chi connectivity index (χ3v) is 2.49. The van der Waals surface area contributed by atoms with Gasteiger partial charge in [0.2, 0.25) is 5.91 Å². The van der Waals surface area contributed by atoms with Crippen molar-refractivity contribution < 1.29 is 14.7 Å². The van der Waals surface area contributed by atoms with Crippen LogP contribution in [0.2, 0.25) is 0 Å². The number of nitrogens with one attached hydrogen (secondary N) is 1. The van der Waals surface area contributed by atoms with E-state index in [-0.39, 0.29) is 36.1 Å². The van der Waals surface area contributed by atoms with Gasteiger partial charge >= 0.3 is 5.97 Å². The molecule has 0 fully saturated rings. The standard InChI is InChI=1S/C13H26N2O3/c1-9(5-12(17)18)8-15-11(16)6-10(14)7-13(2,3)4/h9-10H,5-8,14H2,1-4H3,(H,15,16)(H,17,18). The van der Waals surface area contributed by atoms with Gasteiger partial charge in [0.1, 0.15) is 0 Å². The first kappa shape index (κ1) is 16.9. The van der Waals surface area contributed by atoms with Crippen molar-refractivity contribution in [2.24, 2.45) is 17.1 Å². The van der Waals surface area contributed by atoms with E-state index in [1.54, 1.807) is 6.92 Å². The zero-order valence-corrected chi connectivity index (χ0v) is 11.8. The van der Waals surface area contributed by atoms with Gasteiger partial charge < -0.3 is 16.2 Å². The Kier molecular flexibility index (Phi) is 6.91. The predicted octanol–water partition coefficient (Wildman–Crippen LogP) is 1.37. The lowest BCUT2D eigenvalue weighted by atomic mass is 9.87. The molecule has 1 amide bonds. The minimum absolute atomic E-state index is 0.0638. The average molecular weight is 258 g/mol. The Morgan fingerprint density at radius 2 is 1.83 bits per heavy atom. The number of rotatable bonds is 7. The minimum atomic E-state index is -0.846. The van der Waals surface area contributed by atoms with E-state index in [0.29, 0.717) is 6.54 Å². The van der Waals surface area contributed by atoms with Gasteiger partial charge in [-0.3, -0.25) is 9.59 Å². The summed E-state index contributed by atoms with van der Waals surface area (Å²) >= 11 is 0. The molecule has 0 aliphatic heterocycles. The summed E-state index contributed by atoms with van der Waals surface area (Å²) in [7, 11) is 0. The summed E-state index contributed by atoms with van der Waals surface area (Å²) in [6.07, 6.45) is 1.14. The fourth-order valence-electron chi connectivity index (χ4n) is 1.83. The van der Waals surface area contributed by atoms with Crippen LogP contribution >= 0.6 is 0 Å². The Morgan fingerprint density at radius 1 is 1.28 bits per heavy atom. The molecule has 106 valence electrons. The summed E-state index contributed by atoms with van der Waals surface area (Å²) < 4.78 is 0. The average Bonchev–Trinajstić information content (AvgIpc) is 2.10. The van der Waals surface area contributed by atoms with Crippen molar-refractivity contribution in [2.75, 3.05) is 6.54 Å². The van der Waals surface area contributed by atoms with Gasteiger partial charge in [0.15, 0.2) is 0 Å². The maximum absolute atomic E-state index is 11.6. The van der Waals surface area contributed by atoms with Crippen molar-refractivity contribution in [3.05, 3.63) is 0 Å². The number of hydrogen-bond donors (Lipinski definition) is 3. The Labute approximate surface area is 109 Å². The molecule has 0 aliphatic carbocycles. The summed E-state index contributed by atoms with van der Waals surface area (Å²) in [5, 5.41) is 11.3. The summed E-state index contributed by atoms with van der Waals surface area (Å²) in [6, 6.07) is -0.153. The molecule has 0 saturated carbocycles. The molecule has 0 aromatic rings. The van der Waals surface area contributed by atoms with Gasteiger partial charge in [-0.05, 0) is 17.8 Å². The molecule has 0 spiro atoms. The smallest absolute Gasteiger partial charge is 0.303 e. The molecule has 2 unspecified atom stereocenters. The van der Waals surface area contributed by atoms with E-state index >= 15 is 0 Å². The van der Waals surface area contributed by atoms with E-state index < -0.39 is 5.97 Å². The minimum Gasteiger partial charge on any atom is -0.481 e. The first-order valence-electron chi connectivity index (χ1n) is 6.34. The number of aliphatic carboxylic acids is 1. The molecular weight excluding hydrogens is 232 g/mol. The Balaban J connectivity index is 3.87. The number of hydrogen-bond acceptors (Lipinski definition) is 3. The van der Waals surface area contributed by atoms with Gasteiger partial charge in [-0.2, -0.15) is 0 Å². The van der Waals surface area contributed by atoms with E-state index in [1.807, 2.05) is 0 Å². The molecule has 4 N–H and O–H groups in total. The molecule has 0 bridgehead atoms. The fraction of sp³-hybridized carbons (Fsp3) is 0.846. The SMILES string of the molecule is CC(CNC(=O)CC(N)CC(C)(C)C)CC(=O)O. The third-order valence-electron chi connectivity index (χ3n) is 2.49. The molecule has 0 rings (SSSR count). The number of carbonyl (C=O) groups excluding carboxylic acids is 1. The highest BCUT2D eigenvalue weighted by Crippen LogP contribution is 2.20. The predicted molar refractivity (Wildman–Crippen MR) is 71.1 cm³/mol. The summed E-state index contributed by atoms with van der Waals surface area (Å²) in [5.74, 6) is -1.02. The number of nitrogens with two attached hydrogens (primary N) is 1. The molecule has 0 aliphatic rings. The van der Waals surface area contributed by atoms with Crippen LogP contribution in [0.3, 0.4) is 0 Å². The van der Waals surface area contributed by atoms with Gasteiger partial charge in [0.05, 0.1) is 0 Å². The molecule has 0 saturated heterocycles. The van der Waals surface area contributed by atoms with Crippen molar-refractivity contribution in [1.29, 1.82) is 0 Å². The number of carboxylic acid groups (broad SMARTS) is 1. The summed E-state index contributed by atoms with van der Waals surface area (Å²) in [6.45, 7) is 8.43. The van der Waals surface area contributed by atoms with Crippen LogP contribution < -0.4 is 11.1 Å². The second-order valence-corrected chi connectivity index (χ2v) is 6.24. The Hall–Kier alpha value is -1.10. The molecule has 5 heteroatoms. The zero-order chi connectivity index (χ0) is 14.3. The zero-order valence-electron chi connectivity index (χ0n) is 11.8. The van der Waals surface area contributed by atoms with Crippen LogP contribution in [0.1, 0.15) is 47.0 Å². The van der Waals surface area contributed by atoms with Crippen molar-refractivity contribution >= 4 is 11.9 Å². The van der Waals surface area contributed by atoms with E-state index in [0.717, 1.165) is 6.42 Å². The van der Waals surface area contributed by atoms with E-state index in [9.17, 15) is 9.59 Å².